The van der Waals surface area contributed by atoms with Gasteiger partial charge in [-0.3, -0.25) is 9.36 Å². The third-order valence-corrected chi connectivity index (χ3v) is 5.12. The lowest BCUT2D eigenvalue weighted by Gasteiger charge is -2.14. The van der Waals surface area contributed by atoms with Crippen molar-refractivity contribution >= 4 is 16.9 Å². The Balaban J connectivity index is 1.43. The monoisotopic (exact) mass is 428 g/mol. The number of para-hydroxylation sites is 2. The number of benzene rings is 3. The van der Waals surface area contributed by atoms with Crippen molar-refractivity contribution in [1.82, 2.24) is 9.55 Å². The van der Waals surface area contributed by atoms with Crippen molar-refractivity contribution in [1.29, 1.82) is 0 Å². The van der Waals surface area contributed by atoms with Crippen LogP contribution in [0.3, 0.4) is 0 Å². The van der Waals surface area contributed by atoms with E-state index in [1.165, 1.54) is 0 Å². The Morgan fingerprint density at radius 3 is 2.47 bits per heavy atom. The van der Waals surface area contributed by atoms with Crippen molar-refractivity contribution in [3.8, 4) is 17.1 Å². The van der Waals surface area contributed by atoms with Crippen LogP contribution in [0.5, 0.6) is 5.75 Å². The summed E-state index contributed by atoms with van der Waals surface area (Å²) in [4.78, 5) is 29.9. The predicted molar refractivity (Wildman–Crippen MR) is 124 cm³/mol. The van der Waals surface area contributed by atoms with Gasteiger partial charge < -0.3 is 9.47 Å². The number of aryl methyl sites for hydroxylation is 1. The van der Waals surface area contributed by atoms with Gasteiger partial charge in [-0.25, -0.2) is 9.78 Å². The van der Waals surface area contributed by atoms with Crippen molar-refractivity contribution in [3.05, 3.63) is 94.8 Å². The number of carbonyl (C=O) groups excluding carboxylic acids is 1. The second-order valence-electron chi connectivity index (χ2n) is 7.40. The van der Waals surface area contributed by atoms with Crippen LogP contribution in [-0.4, -0.2) is 28.7 Å². The van der Waals surface area contributed by atoms with E-state index in [1.807, 2.05) is 79.7 Å². The van der Waals surface area contributed by atoms with E-state index in [4.69, 9.17) is 14.5 Å². The molecule has 0 aliphatic rings. The first-order chi connectivity index (χ1) is 15.6. The summed E-state index contributed by atoms with van der Waals surface area (Å²) in [6, 6.07) is 24.4. The molecule has 0 unspecified atom stereocenters. The molecule has 6 nitrogen and oxygen atoms in total. The van der Waals surface area contributed by atoms with Gasteiger partial charge in [0.05, 0.1) is 17.5 Å². The van der Waals surface area contributed by atoms with E-state index < -0.39 is 5.97 Å². The molecule has 4 rings (SSSR count). The summed E-state index contributed by atoms with van der Waals surface area (Å²) in [6.45, 7) is 2.33. The van der Waals surface area contributed by atoms with Crippen LogP contribution in [-0.2, 0) is 16.1 Å². The molecule has 0 bridgehead atoms. The van der Waals surface area contributed by atoms with E-state index in [0.717, 1.165) is 11.1 Å². The van der Waals surface area contributed by atoms with E-state index in [1.54, 1.807) is 10.6 Å². The molecule has 0 atom stereocenters. The van der Waals surface area contributed by atoms with Crippen molar-refractivity contribution < 1.29 is 14.3 Å². The Morgan fingerprint density at radius 2 is 1.66 bits per heavy atom. The molecule has 0 radical (unpaired) electrons. The standard InChI is InChI=1S/C26H24N2O4/c1-19-10-5-8-15-23(19)32-18-24(29)31-17-9-16-28-25(20-11-3-2-4-12-20)27-22-14-7-6-13-21(22)26(28)30/h2-8,10-15H,9,16-18H2,1H3. The van der Waals surface area contributed by atoms with E-state index >= 15 is 0 Å². The van der Waals surface area contributed by atoms with Crippen LogP contribution in [0, 0.1) is 6.92 Å². The Bertz CT molecular complexity index is 1280. The van der Waals surface area contributed by atoms with Crippen LogP contribution in [0.25, 0.3) is 22.3 Å². The molecule has 0 fully saturated rings. The fourth-order valence-corrected chi connectivity index (χ4v) is 3.49. The van der Waals surface area contributed by atoms with Crippen LogP contribution < -0.4 is 10.3 Å². The quantitative estimate of drug-likeness (QED) is 0.308. The maximum absolute atomic E-state index is 13.1. The molecule has 4 aromatic rings. The van der Waals surface area contributed by atoms with Gasteiger partial charge in [0, 0.05) is 12.1 Å². The summed E-state index contributed by atoms with van der Waals surface area (Å²) in [5, 5.41) is 0.566. The van der Waals surface area contributed by atoms with Crippen LogP contribution in [0.15, 0.2) is 83.7 Å². The molecule has 6 heteroatoms. The maximum atomic E-state index is 13.1. The van der Waals surface area contributed by atoms with Gasteiger partial charge in [-0.2, -0.15) is 0 Å². The Kier molecular flexibility index (Phi) is 6.60. The summed E-state index contributed by atoms with van der Waals surface area (Å²) in [5.41, 5.74) is 2.37. The molecular formula is C26H24N2O4. The number of carbonyl (C=O) groups is 1. The highest BCUT2D eigenvalue weighted by Gasteiger charge is 2.13. The first kappa shape index (κ1) is 21.3. The van der Waals surface area contributed by atoms with E-state index in [2.05, 4.69) is 0 Å². The number of hydrogen-bond acceptors (Lipinski definition) is 5. The SMILES string of the molecule is Cc1ccccc1OCC(=O)OCCCn1c(-c2ccccc2)nc2ccccc2c1=O. The lowest BCUT2D eigenvalue weighted by atomic mass is 10.1. The highest BCUT2D eigenvalue weighted by atomic mass is 16.6. The largest absolute Gasteiger partial charge is 0.482 e. The Morgan fingerprint density at radius 1 is 0.938 bits per heavy atom. The lowest BCUT2D eigenvalue weighted by Crippen LogP contribution is -2.25. The van der Waals surface area contributed by atoms with Crippen LogP contribution >= 0.6 is 0 Å². The minimum atomic E-state index is -0.444. The molecule has 1 heterocycles. The second kappa shape index (κ2) is 9.92. The average Bonchev–Trinajstić information content (AvgIpc) is 2.83. The number of ether oxygens (including phenoxy) is 2. The molecule has 0 amide bonds. The fraction of sp³-hybridized carbons (Fsp3) is 0.192. The minimum absolute atomic E-state index is 0.108. The van der Waals surface area contributed by atoms with E-state index in [-0.39, 0.29) is 18.8 Å². The van der Waals surface area contributed by atoms with Gasteiger partial charge in [0.1, 0.15) is 11.6 Å². The molecule has 162 valence electrons. The third kappa shape index (κ3) is 4.86. The van der Waals surface area contributed by atoms with Crippen molar-refractivity contribution in [2.45, 2.75) is 19.9 Å². The number of nitrogens with zero attached hydrogens (tertiary/aromatic N) is 2. The zero-order valence-corrected chi connectivity index (χ0v) is 17.9. The molecule has 0 spiro atoms. The van der Waals surface area contributed by atoms with Crippen LogP contribution in [0.1, 0.15) is 12.0 Å². The van der Waals surface area contributed by atoms with Crippen LogP contribution in [0.2, 0.25) is 0 Å². The number of fused-ring (bicyclic) bond motifs is 1. The highest BCUT2D eigenvalue weighted by Crippen LogP contribution is 2.19. The van der Waals surface area contributed by atoms with Gasteiger partial charge >= 0.3 is 5.97 Å². The number of rotatable bonds is 8. The molecule has 0 N–H and O–H groups in total. The van der Waals surface area contributed by atoms with Crippen LogP contribution in [0.4, 0.5) is 0 Å². The van der Waals surface area contributed by atoms with E-state index in [9.17, 15) is 9.59 Å². The summed E-state index contributed by atoms with van der Waals surface area (Å²) in [7, 11) is 0. The fourth-order valence-electron chi connectivity index (χ4n) is 3.49. The molecule has 0 aliphatic carbocycles. The second-order valence-corrected chi connectivity index (χ2v) is 7.40. The normalized spacial score (nSPS) is 10.8. The lowest BCUT2D eigenvalue weighted by molar-refractivity contribution is -0.146. The van der Waals surface area contributed by atoms with Gasteiger partial charge in [-0.05, 0) is 37.1 Å². The van der Waals surface area contributed by atoms with Gasteiger partial charge in [0.2, 0.25) is 0 Å². The van der Waals surface area contributed by atoms with Gasteiger partial charge in [0.25, 0.3) is 5.56 Å². The molecule has 0 saturated heterocycles. The molecule has 0 aliphatic heterocycles. The van der Waals surface area contributed by atoms with Crippen molar-refractivity contribution in [2.75, 3.05) is 13.2 Å². The Labute approximate surface area is 186 Å². The summed E-state index contributed by atoms with van der Waals surface area (Å²) in [6.07, 6.45) is 0.482. The molecular weight excluding hydrogens is 404 g/mol. The summed E-state index contributed by atoms with van der Waals surface area (Å²) < 4.78 is 12.5. The average molecular weight is 428 g/mol. The zero-order valence-electron chi connectivity index (χ0n) is 17.9. The number of hydrogen-bond donors (Lipinski definition) is 0. The van der Waals surface area contributed by atoms with Gasteiger partial charge in [0.15, 0.2) is 6.61 Å². The maximum Gasteiger partial charge on any atom is 0.344 e. The molecule has 0 saturated carbocycles. The predicted octanol–water partition coefficient (Wildman–Crippen LogP) is 4.38. The summed E-state index contributed by atoms with van der Waals surface area (Å²) in [5.74, 6) is 0.815. The first-order valence-corrected chi connectivity index (χ1v) is 10.5. The smallest absolute Gasteiger partial charge is 0.344 e. The summed E-state index contributed by atoms with van der Waals surface area (Å²) >= 11 is 0. The first-order valence-electron chi connectivity index (χ1n) is 10.5. The zero-order chi connectivity index (χ0) is 22.3. The highest BCUT2D eigenvalue weighted by molar-refractivity contribution is 5.79. The number of esters is 1. The van der Waals surface area contributed by atoms with Gasteiger partial charge in [-0.1, -0.05) is 60.7 Å². The molecule has 32 heavy (non-hydrogen) atoms. The molecule has 3 aromatic carbocycles. The minimum Gasteiger partial charge on any atom is -0.482 e. The number of aromatic nitrogens is 2. The Hall–Kier alpha value is -3.93. The van der Waals surface area contributed by atoms with Gasteiger partial charge in [-0.15, -0.1) is 0 Å². The van der Waals surface area contributed by atoms with Crippen molar-refractivity contribution in [3.63, 3.8) is 0 Å². The third-order valence-electron chi connectivity index (χ3n) is 5.12. The van der Waals surface area contributed by atoms with Crippen molar-refractivity contribution in [2.24, 2.45) is 0 Å². The topological polar surface area (TPSA) is 70.4 Å². The molecule has 1 aromatic heterocycles. The van der Waals surface area contributed by atoms with E-state index in [0.29, 0.717) is 35.4 Å².